The first kappa shape index (κ1) is 17.8. The normalized spacial score (nSPS) is 16.8. The van der Waals surface area contributed by atoms with Gasteiger partial charge in [-0.05, 0) is 38.3 Å². The molecule has 0 atom stereocenters. The van der Waals surface area contributed by atoms with E-state index in [4.69, 9.17) is 9.72 Å². The number of para-hydroxylation sites is 1. The van der Waals surface area contributed by atoms with Crippen LogP contribution in [0.3, 0.4) is 0 Å². The summed E-state index contributed by atoms with van der Waals surface area (Å²) >= 11 is 0. The first-order valence-corrected chi connectivity index (χ1v) is 9.77. The van der Waals surface area contributed by atoms with E-state index in [0.717, 1.165) is 48.2 Å². The SMILES string of the molecule is Cc1nc2c(c(N3CCCCC3)n1)CN(C(=O)COc1ccccc1)CC2. The highest BCUT2D eigenvalue weighted by Gasteiger charge is 2.27. The Labute approximate surface area is 160 Å². The number of hydrogen-bond acceptors (Lipinski definition) is 5. The van der Waals surface area contributed by atoms with E-state index in [-0.39, 0.29) is 12.5 Å². The number of piperidine rings is 1. The van der Waals surface area contributed by atoms with Crippen LogP contribution in [0.2, 0.25) is 0 Å². The maximum Gasteiger partial charge on any atom is 0.260 e. The molecule has 0 unspecified atom stereocenters. The van der Waals surface area contributed by atoms with Crippen LogP contribution in [0, 0.1) is 6.92 Å². The van der Waals surface area contributed by atoms with Gasteiger partial charge in [0.25, 0.3) is 5.91 Å². The summed E-state index contributed by atoms with van der Waals surface area (Å²) < 4.78 is 5.64. The summed E-state index contributed by atoms with van der Waals surface area (Å²) in [4.78, 5) is 26.3. The van der Waals surface area contributed by atoms with Gasteiger partial charge in [-0.15, -0.1) is 0 Å². The molecule has 0 spiro atoms. The highest BCUT2D eigenvalue weighted by atomic mass is 16.5. The second-order valence-electron chi connectivity index (χ2n) is 7.23. The Bertz CT molecular complexity index is 803. The highest BCUT2D eigenvalue weighted by Crippen LogP contribution is 2.28. The molecule has 6 heteroatoms. The Kier molecular flexibility index (Phi) is 5.23. The molecule has 0 saturated carbocycles. The van der Waals surface area contributed by atoms with Gasteiger partial charge >= 0.3 is 0 Å². The Morgan fingerprint density at radius 2 is 1.85 bits per heavy atom. The van der Waals surface area contributed by atoms with Crippen molar-refractivity contribution in [2.45, 2.75) is 39.2 Å². The summed E-state index contributed by atoms with van der Waals surface area (Å²) in [7, 11) is 0. The lowest BCUT2D eigenvalue weighted by Gasteiger charge is -2.34. The molecule has 1 amide bonds. The molecule has 1 fully saturated rings. The number of anilines is 1. The monoisotopic (exact) mass is 366 g/mol. The van der Waals surface area contributed by atoms with Gasteiger partial charge in [0.15, 0.2) is 6.61 Å². The second-order valence-corrected chi connectivity index (χ2v) is 7.23. The molecule has 0 N–H and O–H groups in total. The van der Waals surface area contributed by atoms with Gasteiger partial charge in [-0.1, -0.05) is 18.2 Å². The summed E-state index contributed by atoms with van der Waals surface area (Å²) in [6.07, 6.45) is 4.46. The number of carbonyl (C=O) groups excluding carboxylic acids is 1. The van der Waals surface area contributed by atoms with E-state index in [0.29, 0.717) is 13.1 Å². The van der Waals surface area contributed by atoms with Crippen LogP contribution in [-0.2, 0) is 17.8 Å². The maximum absolute atomic E-state index is 12.7. The third-order valence-electron chi connectivity index (χ3n) is 5.26. The molecule has 4 rings (SSSR count). The van der Waals surface area contributed by atoms with E-state index in [1.165, 1.54) is 19.3 Å². The number of fused-ring (bicyclic) bond motifs is 1. The maximum atomic E-state index is 12.7. The van der Waals surface area contributed by atoms with Crippen LogP contribution in [0.15, 0.2) is 30.3 Å². The number of aryl methyl sites for hydroxylation is 1. The summed E-state index contributed by atoms with van der Waals surface area (Å²) in [5, 5.41) is 0. The number of carbonyl (C=O) groups is 1. The fourth-order valence-corrected chi connectivity index (χ4v) is 3.85. The molecule has 3 heterocycles. The van der Waals surface area contributed by atoms with Gasteiger partial charge in [-0.2, -0.15) is 0 Å². The predicted octanol–water partition coefficient (Wildman–Crippen LogP) is 2.74. The predicted molar refractivity (Wildman–Crippen MR) is 104 cm³/mol. The van der Waals surface area contributed by atoms with Gasteiger partial charge in [0.05, 0.1) is 12.2 Å². The number of benzene rings is 1. The Morgan fingerprint density at radius 3 is 2.63 bits per heavy atom. The number of rotatable bonds is 4. The average Bonchev–Trinajstić information content (AvgIpc) is 2.72. The third-order valence-corrected chi connectivity index (χ3v) is 5.26. The molecule has 0 radical (unpaired) electrons. The lowest BCUT2D eigenvalue weighted by Crippen LogP contribution is -2.41. The van der Waals surface area contributed by atoms with Crippen LogP contribution in [0.25, 0.3) is 0 Å². The quantitative estimate of drug-likeness (QED) is 0.833. The van der Waals surface area contributed by atoms with Gasteiger partial charge in [-0.25, -0.2) is 9.97 Å². The van der Waals surface area contributed by atoms with E-state index >= 15 is 0 Å². The van der Waals surface area contributed by atoms with Gasteiger partial charge in [0.2, 0.25) is 0 Å². The van der Waals surface area contributed by atoms with E-state index in [1.54, 1.807) is 0 Å². The summed E-state index contributed by atoms with van der Waals surface area (Å²) in [6.45, 7) is 5.34. The topological polar surface area (TPSA) is 58.6 Å². The van der Waals surface area contributed by atoms with Crippen LogP contribution in [0.4, 0.5) is 5.82 Å². The summed E-state index contributed by atoms with van der Waals surface area (Å²) in [6, 6.07) is 9.47. The summed E-state index contributed by atoms with van der Waals surface area (Å²) in [5.41, 5.74) is 2.21. The van der Waals surface area contributed by atoms with Crippen molar-refractivity contribution in [3.63, 3.8) is 0 Å². The molecule has 0 aliphatic carbocycles. The average molecular weight is 366 g/mol. The van der Waals surface area contributed by atoms with E-state index in [2.05, 4.69) is 9.88 Å². The Morgan fingerprint density at radius 1 is 1.07 bits per heavy atom. The van der Waals surface area contributed by atoms with Crippen molar-refractivity contribution < 1.29 is 9.53 Å². The molecule has 0 bridgehead atoms. The fourth-order valence-electron chi connectivity index (χ4n) is 3.85. The van der Waals surface area contributed by atoms with Gasteiger partial charge in [0.1, 0.15) is 17.4 Å². The second kappa shape index (κ2) is 7.94. The third kappa shape index (κ3) is 4.04. The number of amides is 1. The lowest BCUT2D eigenvalue weighted by atomic mass is 10.0. The van der Waals surface area contributed by atoms with Crippen LogP contribution in [0.1, 0.15) is 36.3 Å². The van der Waals surface area contributed by atoms with Crippen molar-refractivity contribution >= 4 is 11.7 Å². The zero-order valence-electron chi connectivity index (χ0n) is 15.9. The number of nitrogens with zero attached hydrogens (tertiary/aromatic N) is 4. The van der Waals surface area contributed by atoms with Crippen LogP contribution < -0.4 is 9.64 Å². The molecule has 142 valence electrons. The van der Waals surface area contributed by atoms with Gasteiger partial charge in [-0.3, -0.25) is 4.79 Å². The Hall–Kier alpha value is -2.63. The zero-order valence-corrected chi connectivity index (χ0v) is 15.9. The molecule has 1 aromatic heterocycles. The highest BCUT2D eigenvalue weighted by molar-refractivity contribution is 5.78. The van der Waals surface area contributed by atoms with Crippen molar-refractivity contribution in [2.75, 3.05) is 31.1 Å². The minimum Gasteiger partial charge on any atom is -0.484 e. The van der Waals surface area contributed by atoms with Crippen molar-refractivity contribution in [1.82, 2.24) is 14.9 Å². The number of aromatic nitrogens is 2. The number of ether oxygens (including phenoxy) is 1. The number of hydrogen-bond donors (Lipinski definition) is 0. The molecule has 6 nitrogen and oxygen atoms in total. The van der Waals surface area contributed by atoms with E-state index in [1.807, 2.05) is 42.2 Å². The standard InChI is InChI=1S/C21H26N4O2/c1-16-22-19-10-13-25(20(26)15-27-17-8-4-2-5-9-17)14-18(19)21(23-16)24-11-6-3-7-12-24/h2,4-5,8-9H,3,6-7,10-15H2,1H3. The first-order valence-electron chi connectivity index (χ1n) is 9.77. The minimum absolute atomic E-state index is 0.00896. The smallest absolute Gasteiger partial charge is 0.260 e. The van der Waals surface area contributed by atoms with E-state index < -0.39 is 0 Å². The van der Waals surface area contributed by atoms with Crippen LogP contribution in [0.5, 0.6) is 5.75 Å². The van der Waals surface area contributed by atoms with Crippen molar-refractivity contribution in [2.24, 2.45) is 0 Å². The molecule has 2 aromatic rings. The van der Waals surface area contributed by atoms with Crippen molar-refractivity contribution in [3.05, 3.63) is 47.4 Å². The molecular weight excluding hydrogens is 340 g/mol. The van der Waals surface area contributed by atoms with Crippen molar-refractivity contribution in [1.29, 1.82) is 0 Å². The van der Waals surface area contributed by atoms with Gasteiger partial charge < -0.3 is 14.5 Å². The van der Waals surface area contributed by atoms with E-state index in [9.17, 15) is 4.79 Å². The zero-order chi connectivity index (χ0) is 18.6. The molecule has 1 saturated heterocycles. The lowest BCUT2D eigenvalue weighted by molar-refractivity contribution is -0.134. The summed E-state index contributed by atoms with van der Waals surface area (Å²) in [5.74, 6) is 2.58. The molecule has 2 aliphatic heterocycles. The largest absolute Gasteiger partial charge is 0.484 e. The molecule has 2 aliphatic rings. The molecule has 1 aromatic carbocycles. The first-order chi connectivity index (χ1) is 13.2. The van der Waals surface area contributed by atoms with Crippen molar-refractivity contribution in [3.8, 4) is 5.75 Å². The van der Waals surface area contributed by atoms with Crippen LogP contribution in [-0.4, -0.2) is 47.0 Å². The molecular formula is C21H26N4O2. The molecule has 27 heavy (non-hydrogen) atoms. The van der Waals surface area contributed by atoms with Crippen LogP contribution >= 0.6 is 0 Å². The minimum atomic E-state index is 0.00896. The van der Waals surface area contributed by atoms with Gasteiger partial charge in [0, 0.05) is 31.6 Å². The fraction of sp³-hybridized carbons (Fsp3) is 0.476. The Balaban J connectivity index is 1.49.